The van der Waals surface area contributed by atoms with Gasteiger partial charge in [-0.3, -0.25) is 9.52 Å². The monoisotopic (exact) mass is 314 g/mol. The smallest absolute Gasteiger partial charge is 0.322 e. The van der Waals surface area contributed by atoms with E-state index in [1.54, 1.807) is 18.2 Å². The number of rotatable bonds is 5. The van der Waals surface area contributed by atoms with Crippen LogP contribution in [0.4, 0.5) is 5.69 Å². The van der Waals surface area contributed by atoms with Crippen LogP contribution in [0.15, 0.2) is 24.3 Å². The molecule has 0 aliphatic carbocycles. The third kappa shape index (κ3) is 3.64. The van der Waals surface area contributed by atoms with Gasteiger partial charge in [0.25, 0.3) is 0 Å². The van der Waals surface area contributed by atoms with Crippen LogP contribution in [0.25, 0.3) is 0 Å². The molecule has 8 heteroatoms. The van der Waals surface area contributed by atoms with Gasteiger partial charge in [0.15, 0.2) is 0 Å². The average Bonchev–Trinajstić information content (AvgIpc) is 2.47. The van der Waals surface area contributed by atoms with Crippen molar-refractivity contribution >= 4 is 21.9 Å². The van der Waals surface area contributed by atoms with Crippen molar-refractivity contribution in [2.24, 2.45) is 0 Å². The second kappa shape index (κ2) is 6.31. The molecule has 0 radical (unpaired) electrons. The molecule has 1 aromatic rings. The molecular weight excluding hydrogens is 296 g/mol. The highest BCUT2D eigenvalue weighted by Crippen LogP contribution is 2.24. The van der Waals surface area contributed by atoms with Crippen LogP contribution in [-0.4, -0.2) is 43.5 Å². The number of nitrogens with one attached hydrogen (secondary N) is 1. The van der Waals surface area contributed by atoms with Crippen LogP contribution in [0.1, 0.15) is 19.3 Å². The van der Waals surface area contributed by atoms with E-state index in [0.717, 1.165) is 4.31 Å². The number of carboxylic acids is 1. The van der Waals surface area contributed by atoms with Crippen LogP contribution in [0.5, 0.6) is 5.75 Å². The summed E-state index contributed by atoms with van der Waals surface area (Å²) >= 11 is 0. The summed E-state index contributed by atoms with van der Waals surface area (Å²) < 4.78 is 33.2. The zero-order valence-corrected chi connectivity index (χ0v) is 12.5. The lowest BCUT2D eigenvalue weighted by molar-refractivity contribution is -0.142. The summed E-state index contributed by atoms with van der Waals surface area (Å²) in [4.78, 5) is 11.2. The quantitative estimate of drug-likeness (QED) is 0.854. The summed E-state index contributed by atoms with van der Waals surface area (Å²) in [5, 5.41) is 9.17. The van der Waals surface area contributed by atoms with Crippen molar-refractivity contribution in [3.05, 3.63) is 24.3 Å². The number of methoxy groups -OCH3 is 1. The Hall–Kier alpha value is -1.80. The second-order valence-electron chi connectivity index (χ2n) is 4.80. The average molecular weight is 314 g/mol. The number of carbonyl (C=O) groups is 1. The molecule has 2 rings (SSSR count). The number of hydrogen-bond donors (Lipinski definition) is 2. The molecule has 0 bridgehead atoms. The maximum Gasteiger partial charge on any atom is 0.322 e. The Kier molecular flexibility index (Phi) is 4.69. The Morgan fingerprint density at radius 3 is 2.86 bits per heavy atom. The molecule has 1 fully saturated rings. The van der Waals surface area contributed by atoms with Gasteiger partial charge >= 0.3 is 16.2 Å². The molecule has 1 unspecified atom stereocenters. The zero-order chi connectivity index (χ0) is 15.5. The SMILES string of the molecule is COc1cccc(NS(=O)(=O)N2CCCCC2C(=O)O)c1. The summed E-state index contributed by atoms with van der Waals surface area (Å²) in [6.45, 7) is 0.205. The maximum absolute atomic E-state index is 12.4. The van der Waals surface area contributed by atoms with Gasteiger partial charge in [0.1, 0.15) is 11.8 Å². The van der Waals surface area contributed by atoms with Crippen LogP contribution in [0.2, 0.25) is 0 Å². The number of ether oxygens (including phenoxy) is 1. The van der Waals surface area contributed by atoms with Crippen molar-refractivity contribution < 1.29 is 23.1 Å². The summed E-state index contributed by atoms with van der Waals surface area (Å²) in [5.41, 5.74) is 0.337. The number of piperidine rings is 1. The van der Waals surface area contributed by atoms with Crippen LogP contribution in [0, 0.1) is 0 Å². The molecule has 116 valence electrons. The van der Waals surface area contributed by atoms with E-state index in [1.165, 1.54) is 13.2 Å². The Bertz CT molecular complexity index is 617. The van der Waals surface area contributed by atoms with Crippen molar-refractivity contribution in [1.29, 1.82) is 0 Å². The van der Waals surface area contributed by atoms with E-state index in [1.807, 2.05) is 0 Å². The highest BCUT2D eigenvalue weighted by Gasteiger charge is 2.36. The second-order valence-corrected chi connectivity index (χ2v) is 6.42. The van der Waals surface area contributed by atoms with Crippen molar-refractivity contribution in [2.45, 2.75) is 25.3 Å². The molecule has 1 aliphatic heterocycles. The minimum absolute atomic E-state index is 0.205. The first-order chi connectivity index (χ1) is 9.94. The first kappa shape index (κ1) is 15.6. The summed E-state index contributed by atoms with van der Waals surface area (Å²) in [7, 11) is -2.42. The number of aliphatic carboxylic acids is 1. The van der Waals surface area contributed by atoms with E-state index in [9.17, 15) is 13.2 Å². The number of hydrogen-bond acceptors (Lipinski definition) is 4. The van der Waals surface area contributed by atoms with E-state index < -0.39 is 22.2 Å². The highest BCUT2D eigenvalue weighted by molar-refractivity contribution is 7.90. The number of carboxylic acid groups (broad SMARTS) is 1. The molecular formula is C13H18N2O5S. The Morgan fingerprint density at radius 2 is 2.19 bits per heavy atom. The molecule has 2 N–H and O–H groups in total. The van der Waals surface area contributed by atoms with Crippen LogP contribution in [-0.2, 0) is 15.0 Å². The Balaban J connectivity index is 2.21. The van der Waals surface area contributed by atoms with E-state index >= 15 is 0 Å². The fourth-order valence-corrected chi connectivity index (χ4v) is 3.78. The van der Waals surface area contributed by atoms with E-state index in [2.05, 4.69) is 4.72 Å². The maximum atomic E-state index is 12.4. The predicted octanol–water partition coefficient (Wildman–Crippen LogP) is 1.29. The summed E-state index contributed by atoms with van der Waals surface area (Å²) in [6, 6.07) is 5.46. The minimum atomic E-state index is -3.91. The van der Waals surface area contributed by atoms with E-state index in [4.69, 9.17) is 9.84 Å². The Morgan fingerprint density at radius 1 is 1.43 bits per heavy atom. The fourth-order valence-electron chi connectivity index (χ4n) is 2.33. The molecule has 1 aliphatic rings. The largest absolute Gasteiger partial charge is 0.497 e. The molecule has 0 saturated carbocycles. The normalized spacial score (nSPS) is 20.0. The molecule has 1 heterocycles. The van der Waals surface area contributed by atoms with Crippen LogP contribution >= 0.6 is 0 Å². The Labute approximate surface area is 123 Å². The lowest BCUT2D eigenvalue weighted by Gasteiger charge is -2.31. The van der Waals surface area contributed by atoms with Gasteiger partial charge in [-0.05, 0) is 31.4 Å². The molecule has 1 saturated heterocycles. The van der Waals surface area contributed by atoms with Gasteiger partial charge in [-0.2, -0.15) is 12.7 Å². The number of anilines is 1. The fraction of sp³-hybridized carbons (Fsp3) is 0.462. The van der Waals surface area contributed by atoms with Gasteiger partial charge in [0, 0.05) is 12.6 Å². The third-order valence-electron chi connectivity index (χ3n) is 3.36. The van der Waals surface area contributed by atoms with Gasteiger partial charge < -0.3 is 9.84 Å². The predicted molar refractivity (Wildman–Crippen MR) is 77.5 cm³/mol. The van der Waals surface area contributed by atoms with Crippen LogP contribution in [0.3, 0.4) is 0 Å². The standard InChI is InChI=1S/C13H18N2O5S/c1-20-11-6-4-5-10(9-11)14-21(18,19)15-8-3-2-7-12(15)13(16)17/h4-6,9,12,14H,2-3,7-8H2,1H3,(H,16,17). The van der Waals surface area contributed by atoms with Gasteiger partial charge in [-0.25, -0.2) is 0 Å². The summed E-state index contributed by atoms with van der Waals surface area (Å²) in [5.74, 6) is -0.602. The molecule has 1 aromatic carbocycles. The van der Waals surface area contributed by atoms with Gasteiger partial charge in [-0.15, -0.1) is 0 Å². The van der Waals surface area contributed by atoms with Crippen molar-refractivity contribution in [1.82, 2.24) is 4.31 Å². The van der Waals surface area contributed by atoms with Crippen molar-refractivity contribution in [3.8, 4) is 5.75 Å². The third-order valence-corrected chi connectivity index (χ3v) is 4.91. The zero-order valence-electron chi connectivity index (χ0n) is 11.7. The lowest BCUT2D eigenvalue weighted by atomic mass is 10.1. The molecule has 21 heavy (non-hydrogen) atoms. The van der Waals surface area contributed by atoms with E-state index in [0.29, 0.717) is 30.7 Å². The number of nitrogens with zero attached hydrogens (tertiary/aromatic N) is 1. The van der Waals surface area contributed by atoms with Gasteiger partial charge in [0.2, 0.25) is 0 Å². The molecule has 0 spiro atoms. The first-order valence-electron chi connectivity index (χ1n) is 6.60. The first-order valence-corrected chi connectivity index (χ1v) is 8.04. The molecule has 0 aromatic heterocycles. The van der Waals surface area contributed by atoms with E-state index in [-0.39, 0.29) is 6.54 Å². The molecule has 0 amide bonds. The molecule has 1 atom stereocenters. The van der Waals surface area contributed by atoms with Gasteiger partial charge in [-0.1, -0.05) is 6.07 Å². The summed E-state index contributed by atoms with van der Waals surface area (Å²) in [6.07, 6.45) is 1.69. The topological polar surface area (TPSA) is 95.9 Å². The highest BCUT2D eigenvalue weighted by atomic mass is 32.2. The van der Waals surface area contributed by atoms with Crippen molar-refractivity contribution in [2.75, 3.05) is 18.4 Å². The van der Waals surface area contributed by atoms with Crippen molar-refractivity contribution in [3.63, 3.8) is 0 Å². The lowest BCUT2D eigenvalue weighted by Crippen LogP contribution is -2.49. The van der Waals surface area contributed by atoms with Gasteiger partial charge in [0.05, 0.1) is 12.8 Å². The molecule has 7 nitrogen and oxygen atoms in total. The number of benzene rings is 1. The van der Waals surface area contributed by atoms with Crippen LogP contribution < -0.4 is 9.46 Å². The minimum Gasteiger partial charge on any atom is -0.497 e.